The van der Waals surface area contributed by atoms with Crippen LogP contribution in [0.3, 0.4) is 0 Å². The van der Waals surface area contributed by atoms with E-state index < -0.39 is 0 Å². The lowest BCUT2D eigenvalue weighted by Gasteiger charge is -2.39. The van der Waals surface area contributed by atoms with Gasteiger partial charge in [0.15, 0.2) is 0 Å². The van der Waals surface area contributed by atoms with E-state index in [0.29, 0.717) is 11.7 Å². The molecule has 2 N–H and O–H groups in total. The van der Waals surface area contributed by atoms with E-state index >= 15 is 0 Å². The molecule has 194 valence electrons. The number of aromatic nitrogens is 1. The summed E-state index contributed by atoms with van der Waals surface area (Å²) in [7, 11) is 0. The molecule has 0 spiro atoms. The van der Waals surface area contributed by atoms with Crippen molar-refractivity contribution in [3.8, 4) is 5.75 Å². The number of fused-ring (bicyclic) bond motifs is 1. The second-order valence-corrected chi connectivity index (χ2v) is 11.2. The van der Waals surface area contributed by atoms with Gasteiger partial charge in [0.1, 0.15) is 17.9 Å². The molecule has 2 atom stereocenters. The lowest BCUT2D eigenvalue weighted by molar-refractivity contribution is -0.112. The number of phenolic OH excluding ortho intramolecular Hbond substituents is 1. The molecule has 1 aromatic heterocycles. The summed E-state index contributed by atoms with van der Waals surface area (Å²) in [5.41, 5.74) is 6.66. The molecule has 2 aliphatic rings. The molecule has 0 bridgehead atoms. The number of nitrogens with one attached hydrogen (secondary N) is 1. The van der Waals surface area contributed by atoms with Crippen LogP contribution in [0.5, 0.6) is 5.75 Å². The topological polar surface area (TPSA) is 62.2 Å². The molecule has 2 aromatic carbocycles. The van der Waals surface area contributed by atoms with Gasteiger partial charge in [0, 0.05) is 24.6 Å². The number of aldehydes is 1. The first-order valence-corrected chi connectivity index (χ1v) is 14.1. The van der Waals surface area contributed by atoms with Gasteiger partial charge >= 0.3 is 0 Å². The normalized spacial score (nSPS) is 25.3. The van der Waals surface area contributed by atoms with Gasteiger partial charge in [0.25, 0.3) is 0 Å². The SMILES string of the molecule is CCc1cc([C@H]2c3ccc(O)cc3CC[C@H]2c2ccccc2)cnc1NCC1(CC)CCC(C=O)CC1. The van der Waals surface area contributed by atoms with Crippen LogP contribution in [0.4, 0.5) is 5.82 Å². The minimum atomic E-state index is 0.208. The number of hydrogen-bond donors (Lipinski definition) is 2. The molecule has 37 heavy (non-hydrogen) atoms. The average Bonchev–Trinajstić information content (AvgIpc) is 2.96. The second-order valence-electron chi connectivity index (χ2n) is 11.2. The first kappa shape index (κ1) is 25.5. The molecule has 4 heteroatoms. The predicted octanol–water partition coefficient (Wildman–Crippen LogP) is 7.41. The van der Waals surface area contributed by atoms with Gasteiger partial charge in [-0.1, -0.05) is 50.2 Å². The molecule has 5 rings (SSSR count). The van der Waals surface area contributed by atoms with Crippen LogP contribution in [0.2, 0.25) is 0 Å². The highest BCUT2D eigenvalue weighted by atomic mass is 16.3. The Morgan fingerprint density at radius 1 is 1.03 bits per heavy atom. The van der Waals surface area contributed by atoms with Crippen molar-refractivity contribution in [2.45, 2.75) is 77.0 Å². The number of carbonyl (C=O) groups excluding carboxylic acids is 1. The first-order chi connectivity index (χ1) is 18.1. The summed E-state index contributed by atoms with van der Waals surface area (Å²) in [6.45, 7) is 5.40. The van der Waals surface area contributed by atoms with Crippen molar-refractivity contribution in [3.05, 3.63) is 88.6 Å². The van der Waals surface area contributed by atoms with Crippen LogP contribution in [-0.2, 0) is 17.6 Å². The van der Waals surface area contributed by atoms with Crippen molar-refractivity contribution in [1.82, 2.24) is 4.98 Å². The fourth-order valence-corrected chi connectivity index (χ4v) is 6.72. The Kier molecular flexibility index (Phi) is 7.64. The van der Waals surface area contributed by atoms with Gasteiger partial charge in [-0.25, -0.2) is 4.98 Å². The van der Waals surface area contributed by atoms with Crippen molar-refractivity contribution in [2.75, 3.05) is 11.9 Å². The standard InChI is InChI=1S/C33H40N2O2/c1-3-24-18-27(20-34-32(24)35-22-33(4-2)16-14-23(21-36)15-17-33)31-29(25-8-6-5-7-9-25)12-10-26-19-28(37)11-13-30(26)31/h5-9,11,13,18-21,23,29,31,37H,3-4,10,12,14-17,22H2,1-2H3,(H,34,35)/t23?,29-,31+,33?/m0/s1. The largest absolute Gasteiger partial charge is 0.508 e. The Morgan fingerprint density at radius 3 is 2.51 bits per heavy atom. The van der Waals surface area contributed by atoms with E-state index in [1.807, 2.05) is 12.1 Å². The number of rotatable bonds is 8. The number of pyridine rings is 1. The molecule has 0 saturated heterocycles. The van der Waals surface area contributed by atoms with Gasteiger partial charge in [0.05, 0.1) is 0 Å². The van der Waals surface area contributed by atoms with Crippen LogP contribution >= 0.6 is 0 Å². The summed E-state index contributed by atoms with van der Waals surface area (Å²) in [6.07, 6.45) is 11.5. The van der Waals surface area contributed by atoms with Gasteiger partial charge < -0.3 is 15.2 Å². The fourth-order valence-electron chi connectivity index (χ4n) is 6.72. The number of anilines is 1. The monoisotopic (exact) mass is 496 g/mol. The third-order valence-electron chi connectivity index (χ3n) is 9.21. The minimum absolute atomic E-state index is 0.208. The zero-order chi connectivity index (χ0) is 25.8. The highest BCUT2D eigenvalue weighted by molar-refractivity contribution is 5.54. The maximum absolute atomic E-state index is 11.3. The number of carbonyl (C=O) groups is 1. The molecular formula is C33H40N2O2. The van der Waals surface area contributed by atoms with Crippen LogP contribution in [0.25, 0.3) is 0 Å². The molecule has 0 radical (unpaired) electrons. The predicted molar refractivity (Wildman–Crippen MR) is 150 cm³/mol. The number of benzene rings is 2. The second kappa shape index (κ2) is 11.1. The number of hydrogen-bond acceptors (Lipinski definition) is 4. The van der Waals surface area contributed by atoms with Crippen molar-refractivity contribution >= 4 is 12.1 Å². The summed E-state index contributed by atoms with van der Waals surface area (Å²) in [5, 5.41) is 13.9. The summed E-state index contributed by atoms with van der Waals surface area (Å²) < 4.78 is 0. The van der Waals surface area contributed by atoms with Crippen LogP contribution in [0.15, 0.2) is 60.8 Å². The third-order valence-corrected chi connectivity index (χ3v) is 9.21. The molecule has 3 aromatic rings. The minimum Gasteiger partial charge on any atom is -0.508 e. The smallest absolute Gasteiger partial charge is 0.129 e. The average molecular weight is 497 g/mol. The van der Waals surface area contributed by atoms with E-state index in [0.717, 1.165) is 70.0 Å². The van der Waals surface area contributed by atoms with Crippen LogP contribution < -0.4 is 5.32 Å². The number of phenols is 1. The van der Waals surface area contributed by atoms with Crippen LogP contribution in [0.1, 0.15) is 92.0 Å². The highest BCUT2D eigenvalue weighted by Crippen LogP contribution is 2.47. The molecule has 1 saturated carbocycles. The van der Waals surface area contributed by atoms with Gasteiger partial charge in [-0.2, -0.15) is 0 Å². The van der Waals surface area contributed by atoms with Crippen LogP contribution in [0, 0.1) is 11.3 Å². The van der Waals surface area contributed by atoms with E-state index in [1.54, 1.807) is 0 Å². The molecule has 0 amide bonds. The Morgan fingerprint density at radius 2 is 1.81 bits per heavy atom. The fraction of sp³-hybridized carbons (Fsp3) is 0.455. The summed E-state index contributed by atoms with van der Waals surface area (Å²) in [6, 6.07) is 19.1. The lowest BCUT2D eigenvalue weighted by atomic mass is 9.69. The Bertz CT molecular complexity index is 1210. The number of aromatic hydroxyl groups is 1. The quantitative estimate of drug-likeness (QED) is 0.319. The number of aryl methyl sites for hydroxylation is 2. The van der Waals surface area contributed by atoms with Gasteiger partial charge in [0.2, 0.25) is 0 Å². The van der Waals surface area contributed by atoms with E-state index in [4.69, 9.17) is 4.98 Å². The number of nitrogens with zero attached hydrogens (tertiary/aromatic N) is 1. The summed E-state index contributed by atoms with van der Waals surface area (Å²) in [5.74, 6) is 2.16. The third kappa shape index (κ3) is 5.30. The molecule has 4 nitrogen and oxygen atoms in total. The molecule has 0 unspecified atom stereocenters. The molecule has 1 heterocycles. The van der Waals surface area contributed by atoms with Crippen molar-refractivity contribution < 1.29 is 9.90 Å². The maximum atomic E-state index is 11.3. The Hall–Kier alpha value is -3.14. The van der Waals surface area contributed by atoms with Gasteiger partial charge in [-0.15, -0.1) is 0 Å². The van der Waals surface area contributed by atoms with Gasteiger partial charge in [-0.3, -0.25) is 0 Å². The van der Waals surface area contributed by atoms with Gasteiger partial charge in [-0.05, 0) is 109 Å². The maximum Gasteiger partial charge on any atom is 0.129 e. The van der Waals surface area contributed by atoms with E-state index in [9.17, 15) is 9.90 Å². The zero-order valence-corrected chi connectivity index (χ0v) is 22.2. The van der Waals surface area contributed by atoms with Crippen molar-refractivity contribution in [2.24, 2.45) is 11.3 Å². The molecule has 0 aliphatic heterocycles. The molecule has 2 aliphatic carbocycles. The lowest BCUT2D eigenvalue weighted by Crippen LogP contribution is -2.34. The van der Waals surface area contributed by atoms with Crippen molar-refractivity contribution in [1.29, 1.82) is 0 Å². The first-order valence-electron chi connectivity index (χ1n) is 14.1. The van der Waals surface area contributed by atoms with Crippen LogP contribution in [-0.4, -0.2) is 22.9 Å². The summed E-state index contributed by atoms with van der Waals surface area (Å²) in [4.78, 5) is 16.3. The van der Waals surface area contributed by atoms with E-state index in [2.05, 4.69) is 67.8 Å². The highest BCUT2D eigenvalue weighted by Gasteiger charge is 2.35. The van der Waals surface area contributed by atoms with E-state index in [-0.39, 0.29) is 17.3 Å². The van der Waals surface area contributed by atoms with E-state index in [1.165, 1.54) is 27.8 Å². The Labute approximate surface area is 221 Å². The molecular weight excluding hydrogens is 456 g/mol. The summed E-state index contributed by atoms with van der Waals surface area (Å²) >= 11 is 0. The Balaban J connectivity index is 1.44. The molecule has 1 fully saturated rings. The van der Waals surface area contributed by atoms with Crippen molar-refractivity contribution in [3.63, 3.8) is 0 Å². The zero-order valence-electron chi connectivity index (χ0n) is 22.2.